The predicted octanol–water partition coefficient (Wildman–Crippen LogP) is 2.06. The molecule has 0 radical (unpaired) electrons. The van der Waals surface area contributed by atoms with Crippen LogP contribution in [0, 0.1) is 0 Å². The molecule has 0 aliphatic heterocycles. The van der Waals surface area contributed by atoms with Crippen molar-refractivity contribution in [2.45, 2.75) is 18.4 Å². The zero-order valence-electron chi connectivity index (χ0n) is 13.3. The van der Waals surface area contributed by atoms with Gasteiger partial charge in [0.15, 0.2) is 0 Å². The minimum absolute atomic E-state index is 0.0336. The number of sulfonamides is 1. The smallest absolute Gasteiger partial charge is 0.262 e. The van der Waals surface area contributed by atoms with Gasteiger partial charge in [-0.05, 0) is 42.0 Å². The van der Waals surface area contributed by atoms with Crippen LogP contribution in [-0.4, -0.2) is 21.4 Å². The number of carbonyl (C=O) groups excluding carboxylic acids is 1. The van der Waals surface area contributed by atoms with Gasteiger partial charge in [0.1, 0.15) is 5.75 Å². The van der Waals surface area contributed by atoms with Gasteiger partial charge in [-0.3, -0.25) is 9.63 Å². The average Bonchev–Trinajstić information content (AvgIpc) is 2.55. The van der Waals surface area contributed by atoms with Gasteiger partial charge in [0.05, 0.1) is 18.6 Å². The maximum atomic E-state index is 12.1. The Bertz CT molecular complexity index is 786. The van der Waals surface area contributed by atoms with Crippen molar-refractivity contribution in [2.24, 2.45) is 0 Å². The number of hydrogen-bond acceptors (Lipinski definition) is 5. The quantitative estimate of drug-likeness (QED) is 0.746. The number of nitrogens with one attached hydrogen (secondary N) is 2. The second-order valence-corrected chi connectivity index (χ2v) is 6.57. The summed E-state index contributed by atoms with van der Waals surface area (Å²) < 4.78 is 29.3. The molecule has 24 heavy (non-hydrogen) atoms. The van der Waals surface area contributed by atoms with Crippen molar-refractivity contribution in [3.05, 3.63) is 54.1 Å². The molecule has 0 spiro atoms. The van der Waals surface area contributed by atoms with Crippen LogP contribution in [0.4, 0.5) is 5.69 Å². The molecule has 0 saturated carbocycles. The molecule has 0 aliphatic carbocycles. The third-order valence-corrected chi connectivity index (χ3v) is 4.28. The molecule has 0 bridgehead atoms. The first-order valence-electron chi connectivity index (χ1n) is 7.05. The lowest BCUT2D eigenvalue weighted by atomic mass is 10.2. The van der Waals surface area contributed by atoms with Gasteiger partial charge in [-0.1, -0.05) is 17.0 Å². The molecule has 0 aliphatic rings. The molecule has 0 aromatic heterocycles. The monoisotopic (exact) mass is 350 g/mol. The lowest BCUT2D eigenvalue weighted by molar-refractivity contribution is -0.114. The van der Waals surface area contributed by atoms with E-state index in [1.54, 1.807) is 31.4 Å². The standard InChI is InChI=1S/C16H18N2O5S/c1-12(19)17-14-5-9-16(10-6-14)24(20,21)18-23-11-13-3-7-15(22-2)8-4-13/h3-10,18H,11H2,1-2H3,(H,17,19). The number of benzene rings is 2. The van der Waals surface area contributed by atoms with Crippen molar-refractivity contribution in [1.29, 1.82) is 0 Å². The largest absolute Gasteiger partial charge is 0.497 e. The summed E-state index contributed by atoms with van der Waals surface area (Å²) >= 11 is 0. The summed E-state index contributed by atoms with van der Waals surface area (Å²) in [6, 6.07) is 12.8. The van der Waals surface area contributed by atoms with Crippen molar-refractivity contribution >= 4 is 21.6 Å². The Morgan fingerprint density at radius 2 is 1.67 bits per heavy atom. The molecule has 0 atom stereocenters. The van der Waals surface area contributed by atoms with E-state index >= 15 is 0 Å². The predicted molar refractivity (Wildman–Crippen MR) is 88.9 cm³/mol. The summed E-state index contributed by atoms with van der Waals surface area (Å²) in [7, 11) is -2.23. The van der Waals surface area contributed by atoms with E-state index in [1.165, 1.54) is 31.2 Å². The number of ether oxygens (including phenoxy) is 1. The van der Waals surface area contributed by atoms with Crippen molar-refractivity contribution in [1.82, 2.24) is 4.89 Å². The maximum Gasteiger partial charge on any atom is 0.262 e. The van der Waals surface area contributed by atoms with Crippen molar-refractivity contribution in [3.8, 4) is 5.75 Å². The van der Waals surface area contributed by atoms with Crippen LogP contribution >= 0.6 is 0 Å². The first kappa shape index (κ1) is 17.9. The van der Waals surface area contributed by atoms with Gasteiger partial charge in [-0.2, -0.15) is 0 Å². The fourth-order valence-electron chi connectivity index (χ4n) is 1.88. The molecule has 128 valence electrons. The van der Waals surface area contributed by atoms with E-state index in [-0.39, 0.29) is 17.4 Å². The molecule has 0 unspecified atom stereocenters. The zero-order chi connectivity index (χ0) is 17.6. The van der Waals surface area contributed by atoms with Crippen LogP contribution in [-0.2, 0) is 26.3 Å². The Balaban J connectivity index is 1.93. The van der Waals surface area contributed by atoms with Crippen molar-refractivity contribution in [2.75, 3.05) is 12.4 Å². The fraction of sp³-hybridized carbons (Fsp3) is 0.188. The molecule has 2 rings (SSSR count). The molecular weight excluding hydrogens is 332 g/mol. The highest BCUT2D eigenvalue weighted by molar-refractivity contribution is 7.89. The van der Waals surface area contributed by atoms with E-state index in [0.717, 1.165) is 5.56 Å². The molecule has 2 aromatic carbocycles. The summed E-state index contributed by atoms with van der Waals surface area (Å²) in [5, 5.41) is 2.56. The van der Waals surface area contributed by atoms with Crippen LogP contribution in [0.1, 0.15) is 12.5 Å². The fourth-order valence-corrected chi connectivity index (χ4v) is 2.69. The Kier molecular flexibility index (Phi) is 5.91. The number of carbonyl (C=O) groups is 1. The highest BCUT2D eigenvalue weighted by Gasteiger charge is 2.14. The van der Waals surface area contributed by atoms with Crippen LogP contribution in [0.3, 0.4) is 0 Å². The normalized spacial score (nSPS) is 11.1. The van der Waals surface area contributed by atoms with Gasteiger partial charge in [0.25, 0.3) is 10.0 Å². The second-order valence-electron chi connectivity index (χ2n) is 4.93. The molecule has 2 N–H and O–H groups in total. The molecule has 8 heteroatoms. The maximum absolute atomic E-state index is 12.1. The first-order chi connectivity index (χ1) is 11.4. The topological polar surface area (TPSA) is 93.7 Å². The minimum atomic E-state index is -3.80. The summed E-state index contributed by atoms with van der Waals surface area (Å²) in [5.41, 5.74) is 1.31. The molecule has 0 fully saturated rings. The SMILES string of the molecule is COc1ccc(CONS(=O)(=O)c2ccc(NC(C)=O)cc2)cc1. The Morgan fingerprint density at radius 3 is 2.21 bits per heavy atom. The Labute approximate surface area is 140 Å². The number of amides is 1. The summed E-state index contributed by atoms with van der Waals surface area (Å²) in [6.07, 6.45) is 0. The van der Waals surface area contributed by atoms with Gasteiger partial charge in [0.2, 0.25) is 5.91 Å². The molecule has 2 aromatic rings. The number of hydrogen-bond donors (Lipinski definition) is 2. The van der Waals surface area contributed by atoms with Crippen LogP contribution in [0.2, 0.25) is 0 Å². The van der Waals surface area contributed by atoms with Gasteiger partial charge in [-0.15, -0.1) is 0 Å². The van der Waals surface area contributed by atoms with E-state index in [2.05, 4.69) is 10.2 Å². The van der Waals surface area contributed by atoms with Crippen LogP contribution in [0.15, 0.2) is 53.4 Å². The average molecular weight is 350 g/mol. The lowest BCUT2D eigenvalue weighted by Crippen LogP contribution is -2.24. The minimum Gasteiger partial charge on any atom is -0.497 e. The van der Waals surface area contributed by atoms with Gasteiger partial charge in [0, 0.05) is 12.6 Å². The van der Waals surface area contributed by atoms with Crippen LogP contribution < -0.4 is 14.9 Å². The summed E-state index contributed by atoms with van der Waals surface area (Å²) in [5.74, 6) is 0.477. The van der Waals surface area contributed by atoms with E-state index in [1.807, 2.05) is 0 Å². The third-order valence-electron chi connectivity index (χ3n) is 3.05. The summed E-state index contributed by atoms with van der Waals surface area (Å²) in [4.78, 5) is 18.1. The van der Waals surface area contributed by atoms with E-state index in [9.17, 15) is 13.2 Å². The molecule has 7 nitrogen and oxygen atoms in total. The highest BCUT2D eigenvalue weighted by Crippen LogP contribution is 2.15. The van der Waals surface area contributed by atoms with Gasteiger partial charge >= 0.3 is 0 Å². The Morgan fingerprint density at radius 1 is 1.04 bits per heavy atom. The molecule has 0 heterocycles. The number of methoxy groups -OCH3 is 1. The lowest BCUT2D eigenvalue weighted by Gasteiger charge is -2.09. The van der Waals surface area contributed by atoms with Crippen LogP contribution in [0.5, 0.6) is 5.75 Å². The molecule has 0 saturated heterocycles. The summed E-state index contributed by atoms with van der Waals surface area (Å²) in [6.45, 7) is 1.45. The molecular formula is C16H18N2O5S. The highest BCUT2D eigenvalue weighted by atomic mass is 32.2. The second kappa shape index (κ2) is 7.91. The third kappa shape index (κ3) is 5.05. The van der Waals surface area contributed by atoms with Crippen molar-refractivity contribution in [3.63, 3.8) is 0 Å². The van der Waals surface area contributed by atoms with E-state index < -0.39 is 10.0 Å². The first-order valence-corrected chi connectivity index (χ1v) is 8.53. The van der Waals surface area contributed by atoms with Crippen LogP contribution in [0.25, 0.3) is 0 Å². The van der Waals surface area contributed by atoms with Gasteiger partial charge in [-0.25, -0.2) is 8.42 Å². The van der Waals surface area contributed by atoms with Gasteiger partial charge < -0.3 is 10.1 Å². The van der Waals surface area contributed by atoms with Crippen molar-refractivity contribution < 1.29 is 22.8 Å². The zero-order valence-corrected chi connectivity index (χ0v) is 14.1. The van der Waals surface area contributed by atoms with E-state index in [0.29, 0.717) is 11.4 Å². The molecule has 1 amide bonds. The van der Waals surface area contributed by atoms with E-state index in [4.69, 9.17) is 9.57 Å². The Hall–Kier alpha value is -2.42. The number of rotatable bonds is 7. The number of anilines is 1.